The van der Waals surface area contributed by atoms with Crippen LogP contribution in [0.3, 0.4) is 0 Å². The van der Waals surface area contributed by atoms with Gasteiger partial charge in [-0.1, -0.05) is 48.5 Å². The van der Waals surface area contributed by atoms with Gasteiger partial charge in [-0.25, -0.2) is 9.98 Å². The second-order valence-corrected chi connectivity index (χ2v) is 7.12. The topological polar surface area (TPSA) is 91.5 Å². The fourth-order valence-corrected chi connectivity index (χ4v) is 3.72. The van der Waals surface area contributed by atoms with E-state index >= 15 is 0 Å². The minimum atomic E-state index is -0.779. The van der Waals surface area contributed by atoms with Crippen LogP contribution in [0.4, 0.5) is 11.6 Å². The van der Waals surface area contributed by atoms with Crippen molar-refractivity contribution >= 4 is 28.4 Å². The molecule has 0 spiro atoms. The number of para-hydroxylation sites is 1. The van der Waals surface area contributed by atoms with Crippen LogP contribution >= 0.6 is 0 Å². The Morgan fingerprint density at radius 2 is 1.80 bits per heavy atom. The maximum absolute atomic E-state index is 12.9. The summed E-state index contributed by atoms with van der Waals surface area (Å²) in [7, 11) is 0. The molecule has 7 heteroatoms. The van der Waals surface area contributed by atoms with Gasteiger partial charge in [-0.05, 0) is 35.9 Å². The van der Waals surface area contributed by atoms with Crippen LogP contribution in [0.25, 0.3) is 10.8 Å². The van der Waals surface area contributed by atoms with Gasteiger partial charge in [0.15, 0.2) is 6.17 Å². The summed E-state index contributed by atoms with van der Waals surface area (Å²) in [5.41, 5.74) is 1.74. The fraction of sp³-hybridized carbons (Fsp3) is 0.0870. The standard InChI is InChI=1S/C23H19N5O2/c1-14-13-19(30)28-21(20-17-10-6-5-7-15(17)11-12-18(20)29)26-22(27-23(28)24-14)25-16-8-3-2-4-9-16/h2-13,21,29H,1H3,(H2,24,25,26,27)/t21-/m0/s1. The van der Waals surface area contributed by atoms with Crippen molar-refractivity contribution < 1.29 is 5.11 Å². The number of benzene rings is 3. The largest absolute Gasteiger partial charge is 0.507 e. The minimum absolute atomic E-state index is 0.0711. The van der Waals surface area contributed by atoms with Crippen molar-refractivity contribution in [1.29, 1.82) is 0 Å². The van der Waals surface area contributed by atoms with E-state index in [1.807, 2.05) is 60.7 Å². The number of hydrogen-bond acceptors (Lipinski definition) is 6. The Morgan fingerprint density at radius 1 is 1.03 bits per heavy atom. The first-order chi connectivity index (χ1) is 14.6. The maximum Gasteiger partial charge on any atom is 0.257 e. The Morgan fingerprint density at radius 3 is 2.63 bits per heavy atom. The molecule has 0 aliphatic carbocycles. The van der Waals surface area contributed by atoms with E-state index in [9.17, 15) is 9.90 Å². The molecule has 0 radical (unpaired) electrons. The lowest BCUT2D eigenvalue weighted by atomic mass is 10.0. The number of rotatable bonds is 2. The van der Waals surface area contributed by atoms with Crippen LogP contribution in [0.1, 0.15) is 17.4 Å². The molecule has 3 N–H and O–H groups in total. The number of guanidine groups is 1. The molecule has 1 aliphatic heterocycles. The highest BCUT2D eigenvalue weighted by Crippen LogP contribution is 2.37. The van der Waals surface area contributed by atoms with Gasteiger partial charge in [-0.15, -0.1) is 0 Å². The summed E-state index contributed by atoms with van der Waals surface area (Å²) < 4.78 is 1.46. The Bertz CT molecular complexity index is 1350. The normalized spacial score (nSPS) is 15.2. The van der Waals surface area contributed by atoms with Crippen molar-refractivity contribution in [3.8, 4) is 5.75 Å². The van der Waals surface area contributed by atoms with E-state index in [-0.39, 0.29) is 11.3 Å². The molecule has 0 fully saturated rings. The SMILES string of the molecule is Cc1cc(=O)n2c(n1)NC(Nc1ccccc1)=N[C@@H]2c1c(O)ccc2ccccc12. The monoisotopic (exact) mass is 397 g/mol. The van der Waals surface area contributed by atoms with Crippen LogP contribution in [0, 0.1) is 6.92 Å². The van der Waals surface area contributed by atoms with Gasteiger partial charge in [0.05, 0.1) is 0 Å². The molecule has 4 aromatic rings. The molecular weight excluding hydrogens is 378 g/mol. The van der Waals surface area contributed by atoms with Gasteiger partial charge in [0, 0.05) is 23.0 Å². The second kappa shape index (κ2) is 7.04. The van der Waals surface area contributed by atoms with Crippen molar-refractivity contribution in [1.82, 2.24) is 9.55 Å². The van der Waals surface area contributed by atoms with Crippen LogP contribution < -0.4 is 16.2 Å². The Labute approximate surface area is 172 Å². The first-order valence-corrected chi connectivity index (χ1v) is 9.58. The molecule has 0 bridgehead atoms. The molecule has 0 saturated heterocycles. The van der Waals surface area contributed by atoms with Gasteiger partial charge in [0.2, 0.25) is 11.9 Å². The first-order valence-electron chi connectivity index (χ1n) is 9.58. The number of nitrogens with zero attached hydrogens (tertiary/aromatic N) is 3. The average Bonchev–Trinajstić information content (AvgIpc) is 2.73. The first kappa shape index (κ1) is 17.9. The van der Waals surface area contributed by atoms with Crippen LogP contribution in [0.2, 0.25) is 0 Å². The minimum Gasteiger partial charge on any atom is -0.507 e. The highest BCUT2D eigenvalue weighted by Gasteiger charge is 2.28. The van der Waals surface area contributed by atoms with E-state index in [1.54, 1.807) is 13.0 Å². The Hall–Kier alpha value is -4.13. The number of phenolic OH excluding ortho intramolecular Hbond substituents is 1. The smallest absolute Gasteiger partial charge is 0.257 e. The Balaban J connectivity index is 1.73. The van der Waals surface area contributed by atoms with E-state index < -0.39 is 6.17 Å². The number of aromatic hydroxyl groups is 1. The summed E-state index contributed by atoms with van der Waals surface area (Å²) in [4.78, 5) is 22.1. The number of aromatic nitrogens is 2. The van der Waals surface area contributed by atoms with Crippen molar-refractivity contribution in [3.05, 3.63) is 94.4 Å². The molecule has 1 atom stereocenters. The molecule has 7 nitrogen and oxygen atoms in total. The number of aliphatic imine (C=N–C) groups is 1. The lowest BCUT2D eigenvalue weighted by molar-refractivity contribution is 0.454. The summed E-state index contributed by atoms with van der Waals surface area (Å²) in [6, 6.07) is 22.2. The van der Waals surface area contributed by atoms with E-state index in [0.29, 0.717) is 23.2 Å². The van der Waals surface area contributed by atoms with Gasteiger partial charge in [-0.3, -0.25) is 14.7 Å². The number of hydrogen-bond donors (Lipinski definition) is 3. The molecule has 0 saturated carbocycles. The van der Waals surface area contributed by atoms with Crippen LogP contribution in [-0.4, -0.2) is 20.6 Å². The summed E-state index contributed by atoms with van der Waals surface area (Å²) in [5.74, 6) is 0.878. The molecule has 30 heavy (non-hydrogen) atoms. The van der Waals surface area contributed by atoms with Gasteiger partial charge >= 0.3 is 0 Å². The predicted octanol–water partition coefficient (Wildman–Crippen LogP) is 3.85. The summed E-state index contributed by atoms with van der Waals surface area (Å²) in [6.07, 6.45) is -0.779. The number of fused-ring (bicyclic) bond motifs is 2. The molecule has 0 unspecified atom stereocenters. The molecule has 3 aromatic carbocycles. The van der Waals surface area contributed by atoms with Crippen molar-refractivity contribution in [2.45, 2.75) is 13.1 Å². The van der Waals surface area contributed by atoms with E-state index in [2.05, 4.69) is 15.6 Å². The van der Waals surface area contributed by atoms with E-state index in [0.717, 1.165) is 16.5 Å². The number of nitrogens with one attached hydrogen (secondary N) is 2. The number of phenols is 1. The third-order valence-electron chi connectivity index (χ3n) is 5.05. The van der Waals surface area contributed by atoms with E-state index in [1.165, 1.54) is 10.6 Å². The number of anilines is 2. The Kier molecular flexibility index (Phi) is 4.21. The van der Waals surface area contributed by atoms with Gasteiger partial charge in [-0.2, -0.15) is 0 Å². The zero-order valence-corrected chi connectivity index (χ0v) is 16.2. The molecule has 148 valence electrons. The van der Waals surface area contributed by atoms with Gasteiger partial charge in [0.1, 0.15) is 5.75 Å². The summed E-state index contributed by atoms with van der Waals surface area (Å²) in [5, 5.41) is 18.9. The zero-order chi connectivity index (χ0) is 20.7. The zero-order valence-electron chi connectivity index (χ0n) is 16.2. The van der Waals surface area contributed by atoms with E-state index in [4.69, 9.17) is 4.99 Å². The third-order valence-corrected chi connectivity index (χ3v) is 5.05. The molecule has 0 amide bonds. The van der Waals surface area contributed by atoms with Crippen LogP contribution in [0.15, 0.2) is 82.6 Å². The predicted molar refractivity (Wildman–Crippen MR) is 118 cm³/mol. The van der Waals surface area contributed by atoms with Crippen LogP contribution in [-0.2, 0) is 0 Å². The maximum atomic E-state index is 12.9. The fourth-order valence-electron chi connectivity index (χ4n) is 3.72. The molecule has 1 aromatic heterocycles. The quantitative estimate of drug-likeness (QED) is 0.478. The lowest BCUT2D eigenvalue weighted by Gasteiger charge is -2.28. The highest BCUT2D eigenvalue weighted by atomic mass is 16.3. The molecular formula is C23H19N5O2. The highest BCUT2D eigenvalue weighted by molar-refractivity contribution is 6.03. The van der Waals surface area contributed by atoms with Gasteiger partial charge in [0.25, 0.3) is 5.56 Å². The third kappa shape index (κ3) is 3.06. The second-order valence-electron chi connectivity index (χ2n) is 7.12. The van der Waals surface area contributed by atoms with Gasteiger partial charge < -0.3 is 10.4 Å². The van der Waals surface area contributed by atoms with Crippen molar-refractivity contribution in [3.63, 3.8) is 0 Å². The van der Waals surface area contributed by atoms with Crippen molar-refractivity contribution in [2.75, 3.05) is 10.6 Å². The van der Waals surface area contributed by atoms with Crippen molar-refractivity contribution in [2.24, 2.45) is 4.99 Å². The summed E-state index contributed by atoms with van der Waals surface area (Å²) >= 11 is 0. The molecule has 5 rings (SSSR count). The van der Waals surface area contributed by atoms with Crippen LogP contribution in [0.5, 0.6) is 5.75 Å². The molecule has 1 aliphatic rings. The average molecular weight is 397 g/mol. The number of aryl methyl sites for hydroxylation is 1. The molecule has 2 heterocycles. The lowest BCUT2D eigenvalue weighted by Crippen LogP contribution is -2.37. The summed E-state index contributed by atoms with van der Waals surface area (Å²) in [6.45, 7) is 1.77.